The van der Waals surface area contributed by atoms with Gasteiger partial charge in [-0.3, -0.25) is 0 Å². The quantitative estimate of drug-likeness (QED) is 0.785. The largest absolute Gasteiger partial charge is 0.478 e. The Labute approximate surface area is 147 Å². The van der Waals surface area contributed by atoms with Crippen LogP contribution in [0, 0.1) is 5.92 Å². The van der Waals surface area contributed by atoms with Crippen molar-refractivity contribution in [1.82, 2.24) is 0 Å². The van der Waals surface area contributed by atoms with Crippen molar-refractivity contribution in [3.8, 4) is 5.75 Å². The van der Waals surface area contributed by atoms with Gasteiger partial charge in [-0.25, -0.2) is 13.2 Å². The van der Waals surface area contributed by atoms with E-state index >= 15 is 0 Å². The molecule has 1 aliphatic rings. The predicted octanol–water partition coefficient (Wildman–Crippen LogP) is 3.47. The second-order valence-electron chi connectivity index (χ2n) is 5.93. The van der Waals surface area contributed by atoms with E-state index in [-0.39, 0.29) is 22.1 Å². The Hall–Kier alpha value is -1.74. The van der Waals surface area contributed by atoms with Gasteiger partial charge in [-0.1, -0.05) is 25.4 Å². The number of carboxylic acids is 1. The molecule has 1 aromatic rings. The molecule has 1 aliphatic heterocycles. The number of fused-ring (bicyclic) bond motifs is 1. The van der Waals surface area contributed by atoms with Crippen LogP contribution in [0.2, 0.25) is 0 Å². The monoisotopic (exact) mass is 398 g/mol. The Morgan fingerprint density at radius 1 is 1.36 bits per heavy atom. The van der Waals surface area contributed by atoms with Crippen LogP contribution in [-0.2, 0) is 14.6 Å². The van der Waals surface area contributed by atoms with Gasteiger partial charge < -0.3 is 9.84 Å². The number of rotatable bonds is 4. The van der Waals surface area contributed by atoms with Crippen molar-refractivity contribution >= 4 is 33.5 Å². The van der Waals surface area contributed by atoms with E-state index in [1.165, 1.54) is 12.1 Å². The van der Waals surface area contributed by atoms with Gasteiger partial charge in [0.2, 0.25) is 0 Å². The predicted molar refractivity (Wildman–Crippen MR) is 84.2 cm³/mol. The van der Waals surface area contributed by atoms with E-state index in [1.807, 2.05) is 0 Å². The van der Waals surface area contributed by atoms with E-state index < -0.39 is 38.4 Å². The van der Waals surface area contributed by atoms with Crippen LogP contribution < -0.4 is 4.74 Å². The zero-order chi connectivity index (χ0) is 19.2. The first kappa shape index (κ1) is 19.6. The lowest BCUT2D eigenvalue weighted by molar-refractivity contribution is -0.204. The highest BCUT2D eigenvalue weighted by atomic mass is 35.5. The number of hydrogen-bond donors (Lipinski definition) is 1. The van der Waals surface area contributed by atoms with Crippen LogP contribution in [-0.4, -0.2) is 36.5 Å². The van der Waals surface area contributed by atoms with Crippen molar-refractivity contribution in [1.29, 1.82) is 0 Å². The molecule has 0 aliphatic carbocycles. The molecule has 10 heteroatoms. The van der Waals surface area contributed by atoms with Gasteiger partial charge in [-0.15, -0.1) is 0 Å². The van der Waals surface area contributed by atoms with E-state index in [0.717, 1.165) is 12.1 Å². The van der Waals surface area contributed by atoms with Gasteiger partial charge in [0.05, 0.1) is 10.6 Å². The summed E-state index contributed by atoms with van der Waals surface area (Å²) >= 11 is 5.45. The number of aliphatic carboxylic acids is 1. The molecule has 25 heavy (non-hydrogen) atoms. The zero-order valence-electron chi connectivity index (χ0n) is 13.1. The number of hydrogen-bond acceptors (Lipinski definition) is 4. The van der Waals surface area contributed by atoms with Crippen molar-refractivity contribution in [3.05, 3.63) is 29.3 Å². The first-order valence-corrected chi connectivity index (χ1v) is 9.08. The molecule has 1 unspecified atom stereocenters. The van der Waals surface area contributed by atoms with Crippen molar-refractivity contribution < 1.29 is 36.2 Å². The number of carboxylic acid groups (broad SMARTS) is 1. The number of alkyl halides is 4. The highest BCUT2D eigenvalue weighted by Gasteiger charge is 2.62. The maximum Gasteiger partial charge on any atom is 0.448 e. The van der Waals surface area contributed by atoms with Gasteiger partial charge in [0.25, 0.3) is 0 Å². The van der Waals surface area contributed by atoms with E-state index in [4.69, 9.17) is 21.4 Å². The van der Waals surface area contributed by atoms with Gasteiger partial charge in [0.1, 0.15) is 11.3 Å². The second kappa shape index (κ2) is 6.21. The highest BCUT2D eigenvalue weighted by molar-refractivity contribution is 7.91. The topological polar surface area (TPSA) is 80.7 Å². The van der Waals surface area contributed by atoms with E-state index in [0.29, 0.717) is 0 Å². The summed E-state index contributed by atoms with van der Waals surface area (Å²) in [6, 6.07) is 3.29. The molecule has 0 bridgehead atoms. The number of carbonyl (C=O) groups is 1. The third-order valence-electron chi connectivity index (χ3n) is 3.39. The molecule has 0 fully saturated rings. The maximum atomic E-state index is 13.3. The molecule has 0 aromatic heterocycles. The summed E-state index contributed by atoms with van der Waals surface area (Å²) in [6.07, 6.45) is -4.51. The fourth-order valence-corrected chi connectivity index (χ4v) is 4.17. The second-order valence-corrected chi connectivity index (χ2v) is 8.50. The van der Waals surface area contributed by atoms with Gasteiger partial charge in [0, 0.05) is 5.56 Å². The Balaban J connectivity index is 2.60. The Morgan fingerprint density at radius 3 is 2.44 bits per heavy atom. The lowest BCUT2D eigenvalue weighted by Crippen LogP contribution is -2.50. The molecule has 2 rings (SSSR count). The molecule has 0 saturated carbocycles. The van der Waals surface area contributed by atoms with Crippen molar-refractivity contribution in [2.75, 3.05) is 5.75 Å². The normalized spacial score (nSPS) is 20.7. The van der Waals surface area contributed by atoms with Crippen LogP contribution in [0.5, 0.6) is 5.75 Å². The minimum Gasteiger partial charge on any atom is -0.478 e. The molecule has 0 amide bonds. The summed E-state index contributed by atoms with van der Waals surface area (Å²) in [7, 11) is -3.74. The Morgan fingerprint density at radius 2 is 1.96 bits per heavy atom. The lowest BCUT2D eigenvalue weighted by atomic mass is 10.0. The molecule has 0 spiro atoms. The molecule has 1 heterocycles. The first-order chi connectivity index (χ1) is 11.3. The van der Waals surface area contributed by atoms with Gasteiger partial charge >= 0.3 is 17.2 Å². The van der Waals surface area contributed by atoms with Crippen molar-refractivity contribution in [3.63, 3.8) is 0 Å². The standard InChI is InChI=1S/C15H14ClF3O5S/c1-8(2)7-25(22,23)10-4-3-9-5-11(13(20)21)14(16,15(17,18)19)24-12(9)6-10/h3-6,8H,7H2,1-2H3,(H,20,21). The third-order valence-corrected chi connectivity index (χ3v) is 5.96. The first-order valence-electron chi connectivity index (χ1n) is 7.05. The highest BCUT2D eigenvalue weighted by Crippen LogP contribution is 2.48. The molecule has 138 valence electrons. The number of halogens is 4. The Kier molecular flexibility index (Phi) is 4.86. The molecule has 1 N–H and O–H groups in total. The Bertz CT molecular complexity index is 845. The minimum absolute atomic E-state index is 0.0126. The van der Waals surface area contributed by atoms with Gasteiger partial charge in [-0.2, -0.15) is 13.2 Å². The van der Waals surface area contributed by atoms with Crippen LogP contribution in [0.1, 0.15) is 19.4 Å². The van der Waals surface area contributed by atoms with Crippen LogP contribution in [0.4, 0.5) is 13.2 Å². The summed E-state index contributed by atoms with van der Waals surface area (Å²) in [5.41, 5.74) is -1.21. The smallest absolute Gasteiger partial charge is 0.448 e. The third kappa shape index (κ3) is 3.62. The minimum atomic E-state index is -5.23. The molecule has 5 nitrogen and oxygen atoms in total. The SMILES string of the molecule is CC(C)CS(=O)(=O)c1ccc2c(c1)OC(Cl)(C(F)(F)F)C(C(=O)O)=C2. The molecular formula is C15H14ClF3O5S. The average Bonchev–Trinajstić information content (AvgIpc) is 2.43. The van der Waals surface area contributed by atoms with E-state index in [1.54, 1.807) is 13.8 Å². The fourth-order valence-electron chi connectivity index (χ4n) is 2.32. The van der Waals surface area contributed by atoms with Gasteiger partial charge in [-0.05, 0) is 30.2 Å². The summed E-state index contributed by atoms with van der Waals surface area (Å²) in [4.78, 5) is 10.9. The molecule has 0 saturated heterocycles. The lowest BCUT2D eigenvalue weighted by Gasteiger charge is -2.34. The van der Waals surface area contributed by atoms with Crippen molar-refractivity contribution in [2.45, 2.75) is 30.0 Å². The molecule has 1 aromatic carbocycles. The number of benzene rings is 1. The number of ether oxygens (including phenoxy) is 1. The summed E-state index contributed by atoms with van der Waals surface area (Å²) in [5, 5.41) is 5.41. The van der Waals surface area contributed by atoms with Crippen LogP contribution in [0.25, 0.3) is 6.08 Å². The van der Waals surface area contributed by atoms with E-state index in [9.17, 15) is 26.4 Å². The summed E-state index contributed by atoms with van der Waals surface area (Å²) in [5.74, 6) is -2.74. The molecule has 0 radical (unpaired) electrons. The van der Waals surface area contributed by atoms with Crippen LogP contribution >= 0.6 is 11.6 Å². The average molecular weight is 399 g/mol. The van der Waals surface area contributed by atoms with Gasteiger partial charge in [0.15, 0.2) is 9.84 Å². The summed E-state index contributed by atoms with van der Waals surface area (Å²) in [6.45, 7) is 3.36. The van der Waals surface area contributed by atoms with Crippen LogP contribution in [0.3, 0.4) is 0 Å². The van der Waals surface area contributed by atoms with Crippen molar-refractivity contribution in [2.24, 2.45) is 5.92 Å². The molecule has 1 atom stereocenters. The van der Waals surface area contributed by atoms with Crippen LogP contribution in [0.15, 0.2) is 28.7 Å². The molecular weight excluding hydrogens is 385 g/mol. The van der Waals surface area contributed by atoms with E-state index in [2.05, 4.69) is 0 Å². The maximum absolute atomic E-state index is 13.3. The zero-order valence-corrected chi connectivity index (χ0v) is 14.7. The fraction of sp³-hybridized carbons (Fsp3) is 0.400. The summed E-state index contributed by atoms with van der Waals surface area (Å²) < 4.78 is 69.0. The number of sulfone groups is 1.